The number of benzene rings is 1. The lowest BCUT2D eigenvalue weighted by molar-refractivity contribution is -0.144. The number of halogens is 2. The van der Waals surface area contributed by atoms with Gasteiger partial charge in [0.25, 0.3) is 0 Å². The summed E-state index contributed by atoms with van der Waals surface area (Å²) in [6.45, 7) is 3.21. The van der Waals surface area contributed by atoms with Crippen LogP contribution in [0.1, 0.15) is 25.3 Å². The van der Waals surface area contributed by atoms with E-state index in [0.717, 1.165) is 18.4 Å². The van der Waals surface area contributed by atoms with Crippen LogP contribution in [-0.4, -0.2) is 27.2 Å². The summed E-state index contributed by atoms with van der Waals surface area (Å²) in [5, 5.41) is 0. The second-order valence-corrected chi connectivity index (χ2v) is 5.96. The summed E-state index contributed by atoms with van der Waals surface area (Å²) in [5.41, 5.74) is -0.704. The van der Waals surface area contributed by atoms with Gasteiger partial charge in [0.15, 0.2) is 11.6 Å². The summed E-state index contributed by atoms with van der Waals surface area (Å²) in [7, 11) is -3.80. The Balaban J connectivity index is 3.14. The van der Waals surface area contributed by atoms with Gasteiger partial charge in [-0.2, -0.15) is 0 Å². The highest BCUT2D eigenvalue weighted by atomic mass is 32.2. The lowest BCUT2D eigenvalue weighted by Gasteiger charge is -2.13. The Kier molecular flexibility index (Phi) is 5.04. The third kappa shape index (κ3) is 4.16. The predicted molar refractivity (Wildman–Crippen MR) is 69.9 cm³/mol. The van der Waals surface area contributed by atoms with Crippen molar-refractivity contribution in [1.82, 2.24) is 0 Å². The molecule has 0 saturated heterocycles. The number of ether oxygens (including phenoxy) is 1. The monoisotopic (exact) mass is 307 g/mol. The number of carbonyl (C=O) groups is 1. The minimum absolute atomic E-state index is 0.0671. The normalized spacial score (nSPS) is 12.8. The van der Waals surface area contributed by atoms with Crippen molar-refractivity contribution < 1.29 is 26.7 Å². The maximum atomic E-state index is 13.7. The molecule has 1 N–H and O–H groups in total. The summed E-state index contributed by atoms with van der Waals surface area (Å²) in [5.74, 6) is -3.66. The zero-order chi connectivity index (χ0) is 15.5. The zero-order valence-corrected chi connectivity index (χ0v) is 12.1. The Morgan fingerprint density at radius 2 is 1.85 bits per heavy atom. The van der Waals surface area contributed by atoms with E-state index in [1.54, 1.807) is 11.6 Å². The maximum Gasteiger partial charge on any atom is 0.313 e. The Bertz CT molecular complexity index is 593. The molecule has 0 aromatic heterocycles. The van der Waals surface area contributed by atoms with Gasteiger partial charge in [0, 0.05) is 0 Å². The van der Waals surface area contributed by atoms with Gasteiger partial charge in [-0.15, -0.1) is 0 Å². The van der Waals surface area contributed by atoms with Gasteiger partial charge in [-0.3, -0.25) is 9.52 Å². The molecule has 112 valence electrons. The number of sulfonamides is 1. The molecule has 0 saturated carbocycles. The summed E-state index contributed by atoms with van der Waals surface area (Å²) < 4.78 is 56.0. The van der Waals surface area contributed by atoms with Crippen molar-refractivity contribution in [3.63, 3.8) is 0 Å². The molecule has 0 aliphatic rings. The van der Waals surface area contributed by atoms with E-state index in [0.29, 0.717) is 0 Å². The highest BCUT2D eigenvalue weighted by Gasteiger charge is 2.21. The Labute approximate surface area is 116 Å². The largest absolute Gasteiger partial charge is 0.466 e. The first-order chi connectivity index (χ1) is 9.15. The molecule has 0 heterocycles. The van der Waals surface area contributed by atoms with Gasteiger partial charge in [-0.05, 0) is 31.5 Å². The number of anilines is 1. The van der Waals surface area contributed by atoms with Gasteiger partial charge in [0.1, 0.15) is 5.69 Å². The van der Waals surface area contributed by atoms with Gasteiger partial charge in [-0.1, -0.05) is 0 Å². The second-order valence-electron chi connectivity index (χ2n) is 4.21. The predicted octanol–water partition coefficient (Wildman–Crippen LogP) is 2.00. The van der Waals surface area contributed by atoms with E-state index in [1.165, 1.54) is 6.92 Å². The molecule has 1 atom stereocenters. The Morgan fingerprint density at radius 1 is 1.35 bits per heavy atom. The van der Waals surface area contributed by atoms with Crippen molar-refractivity contribution in [2.45, 2.75) is 19.8 Å². The molecule has 5 nitrogen and oxygen atoms in total. The van der Waals surface area contributed by atoms with Crippen LogP contribution in [-0.2, 0) is 19.6 Å². The smallest absolute Gasteiger partial charge is 0.313 e. The molecule has 0 spiro atoms. The number of hydrogen-bond donors (Lipinski definition) is 1. The first-order valence-electron chi connectivity index (χ1n) is 5.79. The number of nitrogens with one attached hydrogen (secondary N) is 1. The van der Waals surface area contributed by atoms with Crippen molar-refractivity contribution in [2.24, 2.45) is 0 Å². The molecule has 1 aromatic rings. The topological polar surface area (TPSA) is 72.5 Å². The van der Waals surface area contributed by atoms with Crippen LogP contribution < -0.4 is 4.72 Å². The molecular formula is C12H15F2NO4S. The minimum Gasteiger partial charge on any atom is -0.466 e. The molecular weight excluding hydrogens is 292 g/mol. The van der Waals surface area contributed by atoms with Crippen LogP contribution >= 0.6 is 0 Å². The zero-order valence-electron chi connectivity index (χ0n) is 11.2. The number of esters is 1. The highest BCUT2D eigenvalue weighted by Crippen LogP contribution is 2.26. The van der Waals surface area contributed by atoms with Crippen LogP contribution in [0.5, 0.6) is 0 Å². The first-order valence-corrected chi connectivity index (χ1v) is 7.68. The second kappa shape index (κ2) is 6.17. The van der Waals surface area contributed by atoms with Crippen LogP contribution in [0.4, 0.5) is 14.5 Å². The fourth-order valence-electron chi connectivity index (χ4n) is 1.53. The van der Waals surface area contributed by atoms with E-state index in [2.05, 4.69) is 0 Å². The minimum atomic E-state index is -3.80. The van der Waals surface area contributed by atoms with Crippen molar-refractivity contribution in [3.8, 4) is 0 Å². The highest BCUT2D eigenvalue weighted by molar-refractivity contribution is 7.92. The van der Waals surface area contributed by atoms with E-state index in [1.807, 2.05) is 0 Å². The molecule has 1 unspecified atom stereocenters. The van der Waals surface area contributed by atoms with Gasteiger partial charge < -0.3 is 4.74 Å². The van der Waals surface area contributed by atoms with Crippen LogP contribution in [0.25, 0.3) is 0 Å². The SMILES string of the molecule is CCOC(=O)C(C)c1cc(F)c(NS(C)(=O)=O)c(F)c1. The third-order valence-corrected chi connectivity index (χ3v) is 3.07. The van der Waals surface area contributed by atoms with E-state index in [9.17, 15) is 22.0 Å². The average molecular weight is 307 g/mol. The van der Waals surface area contributed by atoms with Gasteiger partial charge in [0.05, 0.1) is 18.8 Å². The number of carbonyl (C=O) groups excluding carboxylic acids is 1. The first kappa shape index (κ1) is 16.4. The van der Waals surface area contributed by atoms with Crippen LogP contribution in [0.2, 0.25) is 0 Å². The van der Waals surface area contributed by atoms with Crippen molar-refractivity contribution in [3.05, 3.63) is 29.3 Å². The summed E-state index contributed by atoms with van der Waals surface area (Å²) >= 11 is 0. The quantitative estimate of drug-likeness (QED) is 0.845. The van der Waals surface area contributed by atoms with E-state index in [-0.39, 0.29) is 12.2 Å². The van der Waals surface area contributed by atoms with Crippen molar-refractivity contribution in [1.29, 1.82) is 0 Å². The Hall–Kier alpha value is -1.70. The van der Waals surface area contributed by atoms with Gasteiger partial charge in [0.2, 0.25) is 10.0 Å². The standard InChI is InChI=1S/C12H15F2NO4S/c1-4-19-12(16)7(2)8-5-9(13)11(10(14)6-8)15-20(3,17)18/h5-7,15H,4H2,1-3H3. The third-order valence-electron chi connectivity index (χ3n) is 2.49. The summed E-state index contributed by atoms with van der Waals surface area (Å²) in [6.07, 6.45) is 0.779. The summed E-state index contributed by atoms with van der Waals surface area (Å²) in [4.78, 5) is 11.5. The fraction of sp³-hybridized carbons (Fsp3) is 0.417. The lowest BCUT2D eigenvalue weighted by Crippen LogP contribution is -2.16. The summed E-state index contributed by atoms with van der Waals surface area (Å²) in [6, 6.07) is 1.80. The van der Waals surface area contributed by atoms with E-state index in [4.69, 9.17) is 4.74 Å². The molecule has 0 bridgehead atoms. The van der Waals surface area contributed by atoms with Crippen molar-refractivity contribution >= 4 is 21.7 Å². The lowest BCUT2D eigenvalue weighted by atomic mass is 10.0. The van der Waals surface area contributed by atoms with E-state index < -0.39 is 39.2 Å². The number of rotatable bonds is 5. The molecule has 20 heavy (non-hydrogen) atoms. The average Bonchev–Trinajstić information content (AvgIpc) is 2.31. The fourth-order valence-corrected chi connectivity index (χ4v) is 2.09. The van der Waals surface area contributed by atoms with Crippen LogP contribution in [0.15, 0.2) is 12.1 Å². The van der Waals surface area contributed by atoms with Crippen LogP contribution in [0.3, 0.4) is 0 Å². The molecule has 0 radical (unpaired) electrons. The molecule has 8 heteroatoms. The molecule has 0 aliphatic carbocycles. The molecule has 0 amide bonds. The van der Waals surface area contributed by atoms with Gasteiger partial charge >= 0.3 is 5.97 Å². The molecule has 0 aliphatic heterocycles. The molecule has 1 rings (SSSR count). The molecule has 1 aromatic carbocycles. The molecule has 0 fully saturated rings. The van der Waals surface area contributed by atoms with E-state index >= 15 is 0 Å². The number of hydrogen-bond acceptors (Lipinski definition) is 4. The van der Waals surface area contributed by atoms with Crippen LogP contribution in [0, 0.1) is 11.6 Å². The Morgan fingerprint density at radius 3 is 2.25 bits per heavy atom. The van der Waals surface area contributed by atoms with Gasteiger partial charge in [-0.25, -0.2) is 17.2 Å². The maximum absolute atomic E-state index is 13.7. The van der Waals surface area contributed by atoms with Crippen molar-refractivity contribution in [2.75, 3.05) is 17.6 Å².